The second-order valence-corrected chi connectivity index (χ2v) is 7.07. The Hall–Kier alpha value is -2.21. The molecule has 0 bridgehead atoms. The molecule has 1 aromatic heterocycles. The van der Waals surface area contributed by atoms with Gasteiger partial charge in [-0.05, 0) is 69.0 Å². The van der Waals surface area contributed by atoms with E-state index in [1.807, 2.05) is 24.3 Å². The number of amides is 1. The number of rotatable bonds is 5. The van der Waals surface area contributed by atoms with Gasteiger partial charge in [0.1, 0.15) is 5.82 Å². The Labute approximate surface area is 148 Å². The first-order chi connectivity index (χ1) is 12.3. The Morgan fingerprint density at radius 1 is 1.24 bits per heavy atom. The largest absolute Gasteiger partial charge is 0.326 e. The molecule has 2 aliphatic rings. The van der Waals surface area contributed by atoms with E-state index in [1.54, 1.807) is 0 Å². The zero-order chi connectivity index (χ0) is 17.1. The molecule has 6 nitrogen and oxygen atoms in total. The van der Waals surface area contributed by atoms with E-state index in [2.05, 4.69) is 25.4 Å². The highest BCUT2D eigenvalue weighted by molar-refractivity contribution is 5.90. The van der Waals surface area contributed by atoms with Crippen LogP contribution < -0.4 is 10.6 Å². The highest BCUT2D eigenvalue weighted by Crippen LogP contribution is 2.24. The first-order valence-electron chi connectivity index (χ1n) is 9.33. The number of nitrogens with zero attached hydrogens (tertiary/aromatic N) is 3. The monoisotopic (exact) mass is 339 g/mol. The average Bonchev–Trinajstić information content (AvgIpc) is 3.30. The summed E-state index contributed by atoms with van der Waals surface area (Å²) in [6.07, 6.45) is 6.12. The van der Waals surface area contributed by atoms with Gasteiger partial charge in [0.15, 0.2) is 5.82 Å². The molecule has 0 radical (unpaired) electrons. The van der Waals surface area contributed by atoms with Crippen LogP contribution in [0.5, 0.6) is 0 Å². The molecule has 2 N–H and O–H groups in total. The molecule has 3 heterocycles. The number of aromatic nitrogens is 3. The van der Waals surface area contributed by atoms with Crippen LogP contribution in [-0.2, 0) is 17.8 Å². The van der Waals surface area contributed by atoms with E-state index >= 15 is 0 Å². The minimum atomic E-state index is 0.0968. The van der Waals surface area contributed by atoms with Crippen molar-refractivity contribution in [3.8, 4) is 11.4 Å². The minimum absolute atomic E-state index is 0.0968. The molecule has 1 aromatic carbocycles. The van der Waals surface area contributed by atoms with Gasteiger partial charge in [-0.15, -0.1) is 10.2 Å². The molecular weight excluding hydrogens is 314 g/mol. The van der Waals surface area contributed by atoms with Crippen LogP contribution in [0.1, 0.15) is 37.9 Å². The molecule has 132 valence electrons. The highest BCUT2D eigenvalue weighted by atomic mass is 16.1. The molecule has 0 saturated carbocycles. The summed E-state index contributed by atoms with van der Waals surface area (Å²) in [5.74, 6) is 2.76. The standard InChI is InChI=1S/C19H25N5O/c25-18(9-4-14-10-11-20-13-14)21-16-7-5-15(6-8-16)19-23-22-17-3-1-2-12-24(17)19/h5-8,14,20H,1-4,9-13H2,(H,21,25). The van der Waals surface area contributed by atoms with Crippen molar-refractivity contribution in [1.29, 1.82) is 0 Å². The first-order valence-corrected chi connectivity index (χ1v) is 9.33. The molecule has 0 spiro atoms. The number of benzene rings is 1. The van der Waals surface area contributed by atoms with Crippen LogP contribution >= 0.6 is 0 Å². The Bertz CT molecular complexity index is 731. The number of anilines is 1. The van der Waals surface area contributed by atoms with E-state index < -0.39 is 0 Å². The third-order valence-corrected chi connectivity index (χ3v) is 5.23. The van der Waals surface area contributed by atoms with Crippen molar-refractivity contribution in [2.45, 2.75) is 45.1 Å². The van der Waals surface area contributed by atoms with Crippen molar-refractivity contribution in [2.24, 2.45) is 5.92 Å². The summed E-state index contributed by atoms with van der Waals surface area (Å²) in [7, 11) is 0. The Morgan fingerprint density at radius 2 is 2.12 bits per heavy atom. The van der Waals surface area contributed by atoms with Crippen molar-refractivity contribution in [3.05, 3.63) is 30.1 Å². The molecule has 2 aromatic rings. The molecular formula is C19H25N5O. The molecule has 25 heavy (non-hydrogen) atoms. The van der Waals surface area contributed by atoms with Crippen LogP contribution in [0, 0.1) is 5.92 Å². The van der Waals surface area contributed by atoms with Gasteiger partial charge in [0.05, 0.1) is 0 Å². The van der Waals surface area contributed by atoms with E-state index in [4.69, 9.17) is 0 Å². The molecule has 6 heteroatoms. The fraction of sp³-hybridized carbons (Fsp3) is 0.526. The van der Waals surface area contributed by atoms with Gasteiger partial charge >= 0.3 is 0 Å². The summed E-state index contributed by atoms with van der Waals surface area (Å²) in [6, 6.07) is 7.94. The zero-order valence-corrected chi connectivity index (χ0v) is 14.5. The van der Waals surface area contributed by atoms with Crippen LogP contribution in [0.25, 0.3) is 11.4 Å². The summed E-state index contributed by atoms with van der Waals surface area (Å²) in [5.41, 5.74) is 1.90. The Balaban J connectivity index is 1.37. The molecule has 0 aliphatic carbocycles. The van der Waals surface area contributed by atoms with Gasteiger partial charge in [0.2, 0.25) is 5.91 Å². The summed E-state index contributed by atoms with van der Waals surface area (Å²) >= 11 is 0. The lowest BCUT2D eigenvalue weighted by molar-refractivity contribution is -0.116. The summed E-state index contributed by atoms with van der Waals surface area (Å²) in [4.78, 5) is 12.1. The maximum Gasteiger partial charge on any atom is 0.224 e. The first kappa shape index (κ1) is 16.3. The lowest BCUT2D eigenvalue weighted by Gasteiger charge is -2.15. The van der Waals surface area contributed by atoms with Crippen LogP contribution in [0.2, 0.25) is 0 Å². The Kier molecular flexibility index (Phi) is 4.78. The topological polar surface area (TPSA) is 71.8 Å². The minimum Gasteiger partial charge on any atom is -0.326 e. The summed E-state index contributed by atoms with van der Waals surface area (Å²) in [6.45, 7) is 3.12. The number of fused-ring (bicyclic) bond motifs is 1. The van der Waals surface area contributed by atoms with Gasteiger partial charge in [0, 0.05) is 30.6 Å². The lowest BCUT2D eigenvalue weighted by atomic mass is 10.0. The van der Waals surface area contributed by atoms with E-state index in [-0.39, 0.29) is 5.91 Å². The van der Waals surface area contributed by atoms with Gasteiger partial charge in [-0.25, -0.2) is 0 Å². The maximum absolute atomic E-state index is 12.1. The quantitative estimate of drug-likeness (QED) is 0.878. The predicted octanol–water partition coefficient (Wildman–Crippen LogP) is 2.61. The van der Waals surface area contributed by atoms with Gasteiger partial charge < -0.3 is 15.2 Å². The number of hydrogen-bond acceptors (Lipinski definition) is 4. The number of aryl methyl sites for hydroxylation is 1. The maximum atomic E-state index is 12.1. The van der Waals surface area contributed by atoms with Gasteiger partial charge in [-0.3, -0.25) is 4.79 Å². The van der Waals surface area contributed by atoms with E-state index in [9.17, 15) is 4.79 Å². The van der Waals surface area contributed by atoms with Crippen LogP contribution in [0.4, 0.5) is 5.69 Å². The molecule has 1 unspecified atom stereocenters. The fourth-order valence-corrected chi connectivity index (χ4v) is 3.74. The average molecular weight is 339 g/mol. The van der Waals surface area contributed by atoms with Crippen molar-refractivity contribution in [1.82, 2.24) is 20.1 Å². The molecule has 1 saturated heterocycles. The zero-order valence-electron chi connectivity index (χ0n) is 14.5. The molecule has 2 aliphatic heterocycles. The van der Waals surface area contributed by atoms with Gasteiger partial charge in [-0.2, -0.15) is 0 Å². The van der Waals surface area contributed by atoms with E-state index in [0.29, 0.717) is 12.3 Å². The van der Waals surface area contributed by atoms with Gasteiger partial charge in [0.25, 0.3) is 0 Å². The van der Waals surface area contributed by atoms with Crippen LogP contribution in [-0.4, -0.2) is 33.8 Å². The summed E-state index contributed by atoms with van der Waals surface area (Å²) < 4.78 is 2.22. The molecule has 4 rings (SSSR count). The van der Waals surface area contributed by atoms with Crippen molar-refractivity contribution in [2.75, 3.05) is 18.4 Å². The second kappa shape index (κ2) is 7.35. The molecule has 1 amide bonds. The van der Waals surface area contributed by atoms with Crippen molar-refractivity contribution in [3.63, 3.8) is 0 Å². The number of nitrogens with one attached hydrogen (secondary N) is 2. The molecule has 1 fully saturated rings. The van der Waals surface area contributed by atoms with E-state index in [0.717, 1.165) is 55.4 Å². The third kappa shape index (κ3) is 3.74. The van der Waals surface area contributed by atoms with Gasteiger partial charge in [-0.1, -0.05) is 0 Å². The molecule has 1 atom stereocenters. The number of hydrogen-bond donors (Lipinski definition) is 2. The van der Waals surface area contributed by atoms with Crippen molar-refractivity contribution >= 4 is 11.6 Å². The van der Waals surface area contributed by atoms with E-state index in [1.165, 1.54) is 19.3 Å². The number of carbonyl (C=O) groups is 1. The lowest BCUT2D eigenvalue weighted by Crippen LogP contribution is -2.15. The number of carbonyl (C=O) groups excluding carboxylic acids is 1. The third-order valence-electron chi connectivity index (χ3n) is 5.23. The Morgan fingerprint density at radius 3 is 2.92 bits per heavy atom. The summed E-state index contributed by atoms with van der Waals surface area (Å²) in [5, 5.41) is 15.0. The van der Waals surface area contributed by atoms with Crippen LogP contribution in [0.15, 0.2) is 24.3 Å². The highest BCUT2D eigenvalue weighted by Gasteiger charge is 2.17. The fourth-order valence-electron chi connectivity index (χ4n) is 3.74. The SMILES string of the molecule is O=C(CCC1CCNC1)Nc1ccc(-c2nnc3n2CCCC3)cc1. The second-order valence-electron chi connectivity index (χ2n) is 7.07. The van der Waals surface area contributed by atoms with Crippen LogP contribution in [0.3, 0.4) is 0 Å². The normalized spacial score (nSPS) is 19.6. The van der Waals surface area contributed by atoms with Crippen molar-refractivity contribution < 1.29 is 4.79 Å². The predicted molar refractivity (Wildman–Crippen MR) is 97.2 cm³/mol. The smallest absolute Gasteiger partial charge is 0.224 e.